The summed E-state index contributed by atoms with van der Waals surface area (Å²) < 4.78 is 10.9. The van der Waals surface area contributed by atoms with E-state index >= 15 is 0 Å². The van der Waals surface area contributed by atoms with Crippen molar-refractivity contribution in [2.45, 2.75) is 19.6 Å². The average Bonchev–Trinajstić information content (AvgIpc) is 2.32. The van der Waals surface area contributed by atoms with E-state index in [1.807, 2.05) is 26.1 Å². The van der Waals surface area contributed by atoms with Crippen molar-refractivity contribution in [2.24, 2.45) is 0 Å². The number of ether oxygens (including phenoxy) is 2. The van der Waals surface area contributed by atoms with Crippen LogP contribution in [0.25, 0.3) is 0 Å². The highest BCUT2D eigenvalue weighted by Gasteiger charge is 2.13. The van der Waals surface area contributed by atoms with Crippen LogP contribution < -0.4 is 14.8 Å². The van der Waals surface area contributed by atoms with Crippen LogP contribution in [0.2, 0.25) is 5.02 Å². The van der Waals surface area contributed by atoms with Gasteiger partial charge in [-0.25, -0.2) is 0 Å². The van der Waals surface area contributed by atoms with Crippen LogP contribution in [0.1, 0.15) is 12.5 Å². The molecule has 0 aliphatic rings. The molecule has 1 aromatic rings. The lowest BCUT2D eigenvalue weighted by atomic mass is 10.2. The quantitative estimate of drug-likeness (QED) is 0.793. The number of rotatable bonds is 6. The molecule has 1 aromatic carbocycles. The summed E-state index contributed by atoms with van der Waals surface area (Å²) in [6.07, 6.45) is 1.59. The predicted octanol–water partition coefficient (Wildman–Crippen LogP) is 3.02. The summed E-state index contributed by atoms with van der Waals surface area (Å²) in [6, 6.07) is 3.78. The molecule has 0 amide bonds. The zero-order valence-corrected chi connectivity index (χ0v) is 11.2. The molecule has 0 heterocycles. The van der Waals surface area contributed by atoms with Crippen molar-refractivity contribution >= 4 is 11.6 Å². The Kier molecular flexibility index (Phi) is 5.32. The minimum absolute atomic E-state index is 0.114. The van der Waals surface area contributed by atoms with Crippen molar-refractivity contribution in [1.82, 2.24) is 5.32 Å². The van der Waals surface area contributed by atoms with Crippen LogP contribution in [0.4, 0.5) is 0 Å². The van der Waals surface area contributed by atoms with Gasteiger partial charge in [-0.15, -0.1) is 0 Å². The van der Waals surface area contributed by atoms with Gasteiger partial charge in [0.25, 0.3) is 0 Å². The summed E-state index contributed by atoms with van der Waals surface area (Å²) in [7, 11) is 3.48. The molecule has 1 atom stereocenters. The molecule has 1 rings (SSSR count). The lowest BCUT2D eigenvalue weighted by Gasteiger charge is -2.16. The SMILES string of the molecule is C=CC(C)Oc1c(Cl)cc(CNC)cc1OC. The number of halogens is 1. The first kappa shape index (κ1) is 13.9. The Bertz CT molecular complexity index is 393. The second-order valence-corrected chi connectivity index (χ2v) is 4.11. The van der Waals surface area contributed by atoms with Crippen molar-refractivity contribution in [1.29, 1.82) is 0 Å². The minimum Gasteiger partial charge on any atom is -0.493 e. The summed E-state index contributed by atoms with van der Waals surface area (Å²) in [6.45, 7) is 6.29. The third-order valence-corrected chi connectivity index (χ3v) is 2.59. The van der Waals surface area contributed by atoms with Crippen molar-refractivity contribution in [3.8, 4) is 11.5 Å². The molecule has 0 aromatic heterocycles. The van der Waals surface area contributed by atoms with Crippen LogP contribution in [-0.4, -0.2) is 20.3 Å². The highest BCUT2D eigenvalue weighted by atomic mass is 35.5. The smallest absolute Gasteiger partial charge is 0.180 e. The lowest BCUT2D eigenvalue weighted by molar-refractivity contribution is 0.254. The van der Waals surface area contributed by atoms with Gasteiger partial charge in [-0.05, 0) is 31.7 Å². The topological polar surface area (TPSA) is 30.5 Å². The van der Waals surface area contributed by atoms with Gasteiger partial charge in [0.15, 0.2) is 11.5 Å². The Morgan fingerprint density at radius 3 is 2.76 bits per heavy atom. The first-order chi connectivity index (χ1) is 8.12. The van der Waals surface area contributed by atoms with Crippen molar-refractivity contribution < 1.29 is 9.47 Å². The second kappa shape index (κ2) is 6.52. The fraction of sp³-hybridized carbons (Fsp3) is 0.385. The molecule has 0 aliphatic carbocycles. The average molecular weight is 256 g/mol. The van der Waals surface area contributed by atoms with E-state index in [0.29, 0.717) is 16.5 Å². The third-order valence-electron chi connectivity index (χ3n) is 2.31. The molecule has 0 saturated carbocycles. The van der Waals surface area contributed by atoms with Gasteiger partial charge in [-0.3, -0.25) is 0 Å². The van der Waals surface area contributed by atoms with Gasteiger partial charge in [-0.2, -0.15) is 0 Å². The molecule has 1 unspecified atom stereocenters. The van der Waals surface area contributed by atoms with Gasteiger partial charge >= 0.3 is 0 Å². The van der Waals surface area contributed by atoms with Gasteiger partial charge in [0.2, 0.25) is 0 Å². The number of nitrogens with one attached hydrogen (secondary N) is 1. The van der Waals surface area contributed by atoms with Crippen molar-refractivity contribution in [3.05, 3.63) is 35.4 Å². The maximum absolute atomic E-state index is 6.18. The molecule has 0 aliphatic heterocycles. The first-order valence-corrected chi connectivity index (χ1v) is 5.80. The molecule has 0 saturated heterocycles. The Hall–Kier alpha value is -1.19. The Morgan fingerprint density at radius 1 is 1.53 bits per heavy atom. The van der Waals surface area contributed by atoms with Crippen molar-refractivity contribution in [2.75, 3.05) is 14.2 Å². The number of hydrogen-bond acceptors (Lipinski definition) is 3. The minimum atomic E-state index is -0.114. The van der Waals surface area contributed by atoms with Crippen LogP contribution in [-0.2, 0) is 6.54 Å². The van der Waals surface area contributed by atoms with Crippen LogP contribution in [0.5, 0.6) is 11.5 Å². The number of benzene rings is 1. The van der Waals surface area contributed by atoms with E-state index < -0.39 is 0 Å². The fourth-order valence-corrected chi connectivity index (χ4v) is 1.71. The molecule has 0 spiro atoms. The van der Waals surface area contributed by atoms with E-state index in [-0.39, 0.29) is 6.10 Å². The largest absolute Gasteiger partial charge is 0.493 e. The van der Waals surface area contributed by atoms with E-state index in [2.05, 4.69) is 11.9 Å². The van der Waals surface area contributed by atoms with E-state index in [4.69, 9.17) is 21.1 Å². The molecule has 0 fully saturated rings. The molecule has 94 valence electrons. The Balaban J connectivity index is 3.07. The predicted molar refractivity (Wildman–Crippen MR) is 71.1 cm³/mol. The number of methoxy groups -OCH3 is 1. The zero-order chi connectivity index (χ0) is 12.8. The number of hydrogen-bond donors (Lipinski definition) is 1. The van der Waals surface area contributed by atoms with Crippen LogP contribution >= 0.6 is 11.6 Å². The molecule has 3 nitrogen and oxygen atoms in total. The van der Waals surface area contributed by atoms with Crippen LogP contribution in [0, 0.1) is 0 Å². The zero-order valence-electron chi connectivity index (χ0n) is 10.4. The highest BCUT2D eigenvalue weighted by molar-refractivity contribution is 6.32. The van der Waals surface area contributed by atoms with Crippen molar-refractivity contribution in [3.63, 3.8) is 0 Å². The molecule has 0 radical (unpaired) electrons. The molecular formula is C13H18ClNO2. The normalized spacial score (nSPS) is 12.0. The third kappa shape index (κ3) is 3.65. The Morgan fingerprint density at radius 2 is 2.24 bits per heavy atom. The molecule has 17 heavy (non-hydrogen) atoms. The van der Waals surface area contributed by atoms with Crippen LogP contribution in [0.15, 0.2) is 24.8 Å². The van der Waals surface area contributed by atoms with E-state index in [1.54, 1.807) is 13.2 Å². The second-order valence-electron chi connectivity index (χ2n) is 3.70. The van der Waals surface area contributed by atoms with Gasteiger partial charge in [0.05, 0.1) is 12.1 Å². The highest BCUT2D eigenvalue weighted by Crippen LogP contribution is 2.37. The molecule has 4 heteroatoms. The maximum atomic E-state index is 6.18. The maximum Gasteiger partial charge on any atom is 0.180 e. The summed E-state index contributed by atoms with van der Waals surface area (Å²) in [5, 5.41) is 3.61. The van der Waals surface area contributed by atoms with E-state index in [9.17, 15) is 0 Å². The van der Waals surface area contributed by atoms with Gasteiger partial charge in [0, 0.05) is 6.54 Å². The monoisotopic (exact) mass is 255 g/mol. The first-order valence-electron chi connectivity index (χ1n) is 5.42. The van der Waals surface area contributed by atoms with Gasteiger partial charge < -0.3 is 14.8 Å². The molecule has 1 N–H and O–H groups in total. The standard InChI is InChI=1S/C13H18ClNO2/c1-5-9(2)17-13-11(14)6-10(8-15-3)7-12(13)16-4/h5-7,9,15H,1,8H2,2-4H3. The summed E-state index contributed by atoms with van der Waals surface area (Å²) >= 11 is 6.18. The summed E-state index contributed by atoms with van der Waals surface area (Å²) in [5.74, 6) is 1.19. The van der Waals surface area contributed by atoms with E-state index in [0.717, 1.165) is 12.1 Å². The molecule has 0 bridgehead atoms. The Labute approximate surface area is 107 Å². The molecular weight excluding hydrogens is 238 g/mol. The summed E-state index contributed by atoms with van der Waals surface area (Å²) in [4.78, 5) is 0. The van der Waals surface area contributed by atoms with Gasteiger partial charge in [-0.1, -0.05) is 24.3 Å². The lowest BCUT2D eigenvalue weighted by Crippen LogP contribution is -2.10. The van der Waals surface area contributed by atoms with E-state index in [1.165, 1.54) is 0 Å². The van der Waals surface area contributed by atoms with Crippen LogP contribution in [0.3, 0.4) is 0 Å². The fourth-order valence-electron chi connectivity index (χ4n) is 1.43. The summed E-state index contributed by atoms with van der Waals surface area (Å²) in [5.41, 5.74) is 1.05. The van der Waals surface area contributed by atoms with Gasteiger partial charge in [0.1, 0.15) is 6.10 Å².